The summed E-state index contributed by atoms with van der Waals surface area (Å²) in [4.78, 5) is 16.8. The first-order chi connectivity index (χ1) is 11.4. The topological polar surface area (TPSA) is 50.2 Å². The second-order valence-corrected chi connectivity index (χ2v) is 7.78. The van der Waals surface area contributed by atoms with E-state index < -0.39 is 0 Å². The van der Waals surface area contributed by atoms with Crippen LogP contribution >= 0.6 is 11.3 Å². The fourth-order valence-corrected chi connectivity index (χ4v) is 4.30. The van der Waals surface area contributed by atoms with Gasteiger partial charge in [0.15, 0.2) is 0 Å². The number of amides is 1. The molecular weight excluding hydrogens is 320 g/mol. The number of hydrogen-bond acceptors (Lipinski definition) is 4. The van der Waals surface area contributed by atoms with Crippen molar-refractivity contribution in [1.29, 1.82) is 0 Å². The Labute approximate surface area is 149 Å². The highest BCUT2D eigenvalue weighted by Crippen LogP contribution is 2.27. The summed E-state index contributed by atoms with van der Waals surface area (Å²) in [5.74, 6) is 0.641. The Bertz CT molecular complexity index is 650. The molecule has 0 radical (unpaired) electrons. The average Bonchev–Trinajstić information content (AvgIpc) is 3.07. The fraction of sp³-hybridized carbons (Fsp3) is 0.667. The standard InChI is InChI=1S/C18H30N4OS/c1-7-22(8-2)14(9-12(3)4)11-19-17(23)16-10-15-13(5)20-21(6)18(15)24-16/h10,12,14H,7-9,11H2,1-6H3,(H,19,23)/t14-/m1/s1. The molecule has 1 amide bonds. The largest absolute Gasteiger partial charge is 0.350 e. The summed E-state index contributed by atoms with van der Waals surface area (Å²) in [6, 6.07) is 2.36. The molecule has 2 rings (SSSR count). The van der Waals surface area contributed by atoms with Crippen molar-refractivity contribution in [2.45, 2.75) is 47.1 Å². The van der Waals surface area contributed by atoms with Crippen molar-refractivity contribution < 1.29 is 4.79 Å². The van der Waals surface area contributed by atoms with E-state index in [2.05, 4.69) is 43.0 Å². The van der Waals surface area contributed by atoms with Crippen LogP contribution in [0.3, 0.4) is 0 Å². The molecule has 0 fully saturated rings. The maximum atomic E-state index is 12.6. The molecule has 134 valence electrons. The smallest absolute Gasteiger partial charge is 0.261 e. The van der Waals surface area contributed by atoms with Gasteiger partial charge in [-0.25, -0.2) is 0 Å². The van der Waals surface area contributed by atoms with Gasteiger partial charge in [0.1, 0.15) is 4.83 Å². The Hall–Kier alpha value is -1.40. The Morgan fingerprint density at radius 2 is 2.04 bits per heavy atom. The van der Waals surface area contributed by atoms with Crippen LogP contribution in [0.1, 0.15) is 49.5 Å². The van der Waals surface area contributed by atoms with E-state index in [0.717, 1.165) is 40.3 Å². The van der Waals surface area contributed by atoms with Gasteiger partial charge < -0.3 is 5.32 Å². The van der Waals surface area contributed by atoms with Crippen LogP contribution < -0.4 is 5.32 Å². The molecule has 0 bridgehead atoms. The Balaban J connectivity index is 2.07. The number of thiophene rings is 1. The van der Waals surface area contributed by atoms with Gasteiger partial charge in [-0.3, -0.25) is 14.4 Å². The fourth-order valence-electron chi connectivity index (χ4n) is 3.26. The SMILES string of the molecule is CCN(CC)[C@@H](CNC(=O)c1cc2c(C)nn(C)c2s1)CC(C)C. The molecule has 0 saturated carbocycles. The molecule has 24 heavy (non-hydrogen) atoms. The number of aromatic nitrogens is 2. The average molecular weight is 351 g/mol. The summed E-state index contributed by atoms with van der Waals surface area (Å²) in [7, 11) is 1.92. The third-order valence-corrected chi connectivity index (χ3v) is 5.69. The highest BCUT2D eigenvalue weighted by Gasteiger charge is 2.20. The van der Waals surface area contributed by atoms with Crippen LogP contribution in [0, 0.1) is 12.8 Å². The molecule has 5 nitrogen and oxygen atoms in total. The summed E-state index contributed by atoms with van der Waals surface area (Å²) in [6.45, 7) is 13.5. The zero-order valence-corrected chi connectivity index (χ0v) is 16.5. The van der Waals surface area contributed by atoms with E-state index in [-0.39, 0.29) is 5.91 Å². The first-order valence-electron chi connectivity index (χ1n) is 8.82. The van der Waals surface area contributed by atoms with Gasteiger partial charge in [-0.1, -0.05) is 27.7 Å². The molecule has 0 aliphatic rings. The highest BCUT2D eigenvalue weighted by atomic mass is 32.1. The number of nitrogens with zero attached hydrogens (tertiary/aromatic N) is 3. The predicted octanol–water partition coefficient (Wildman–Crippen LogP) is 3.43. The van der Waals surface area contributed by atoms with E-state index in [1.54, 1.807) is 0 Å². The number of hydrogen-bond donors (Lipinski definition) is 1. The molecule has 2 heterocycles. The van der Waals surface area contributed by atoms with Crippen LogP contribution in [0.5, 0.6) is 0 Å². The maximum Gasteiger partial charge on any atom is 0.261 e. The van der Waals surface area contributed by atoms with Crippen molar-refractivity contribution in [3.8, 4) is 0 Å². The minimum Gasteiger partial charge on any atom is -0.350 e. The highest BCUT2D eigenvalue weighted by molar-refractivity contribution is 7.20. The van der Waals surface area contributed by atoms with Crippen molar-refractivity contribution in [3.63, 3.8) is 0 Å². The second-order valence-electron chi connectivity index (χ2n) is 6.75. The summed E-state index contributed by atoms with van der Waals surface area (Å²) < 4.78 is 1.85. The van der Waals surface area contributed by atoms with Gasteiger partial charge in [0.2, 0.25) is 0 Å². The molecule has 1 N–H and O–H groups in total. The van der Waals surface area contributed by atoms with Crippen molar-refractivity contribution >= 4 is 27.5 Å². The van der Waals surface area contributed by atoms with Crippen LogP contribution in [0.2, 0.25) is 0 Å². The van der Waals surface area contributed by atoms with Crippen LogP contribution in [0.4, 0.5) is 0 Å². The molecule has 2 aromatic heterocycles. The molecule has 1 atom stereocenters. The van der Waals surface area contributed by atoms with Crippen molar-refractivity contribution in [1.82, 2.24) is 20.0 Å². The van der Waals surface area contributed by atoms with Gasteiger partial charge in [0, 0.05) is 25.0 Å². The Morgan fingerprint density at radius 1 is 1.38 bits per heavy atom. The molecule has 0 unspecified atom stereocenters. The zero-order valence-electron chi connectivity index (χ0n) is 15.7. The van der Waals surface area contributed by atoms with Crippen LogP contribution in [-0.2, 0) is 7.05 Å². The minimum atomic E-state index is 0.0245. The molecule has 0 aromatic carbocycles. The van der Waals surface area contributed by atoms with Gasteiger partial charge in [-0.15, -0.1) is 11.3 Å². The predicted molar refractivity (Wildman–Crippen MR) is 102 cm³/mol. The lowest BCUT2D eigenvalue weighted by Crippen LogP contribution is -2.44. The third-order valence-electron chi connectivity index (χ3n) is 4.49. The molecule has 0 aliphatic heterocycles. The maximum absolute atomic E-state index is 12.6. The second kappa shape index (κ2) is 8.12. The normalized spacial score (nSPS) is 13.2. The molecule has 0 aliphatic carbocycles. The van der Waals surface area contributed by atoms with Gasteiger partial charge in [0.05, 0.1) is 10.6 Å². The molecular formula is C18H30N4OS. The van der Waals surface area contributed by atoms with Crippen LogP contribution in [-0.4, -0.2) is 46.3 Å². The van der Waals surface area contributed by atoms with Gasteiger partial charge in [-0.2, -0.15) is 5.10 Å². The summed E-state index contributed by atoms with van der Waals surface area (Å²) in [6.07, 6.45) is 1.09. The van der Waals surface area contributed by atoms with Gasteiger partial charge in [0.25, 0.3) is 5.91 Å². The van der Waals surface area contributed by atoms with E-state index in [1.807, 2.05) is 24.7 Å². The monoisotopic (exact) mass is 350 g/mol. The number of carbonyl (C=O) groups is 1. The van der Waals surface area contributed by atoms with E-state index in [4.69, 9.17) is 0 Å². The van der Waals surface area contributed by atoms with Crippen molar-refractivity contribution in [2.75, 3.05) is 19.6 Å². The number of rotatable bonds is 8. The number of carbonyl (C=O) groups excluding carboxylic acids is 1. The van der Waals surface area contributed by atoms with Crippen molar-refractivity contribution in [2.24, 2.45) is 13.0 Å². The third kappa shape index (κ3) is 4.16. The van der Waals surface area contributed by atoms with Crippen molar-refractivity contribution in [3.05, 3.63) is 16.6 Å². The number of fused-ring (bicyclic) bond motifs is 1. The zero-order chi connectivity index (χ0) is 17.9. The summed E-state index contributed by atoms with van der Waals surface area (Å²) in [5, 5.41) is 8.61. The quantitative estimate of drug-likeness (QED) is 0.793. The first-order valence-corrected chi connectivity index (χ1v) is 9.64. The van der Waals surface area contributed by atoms with Gasteiger partial charge in [-0.05, 0) is 38.4 Å². The first kappa shape index (κ1) is 18.9. The minimum absolute atomic E-state index is 0.0245. The summed E-state index contributed by atoms with van der Waals surface area (Å²) in [5.41, 5.74) is 0.976. The molecule has 6 heteroatoms. The Morgan fingerprint density at radius 3 is 2.58 bits per heavy atom. The van der Waals surface area contributed by atoms with E-state index in [1.165, 1.54) is 11.3 Å². The number of aryl methyl sites for hydroxylation is 2. The molecule has 2 aromatic rings. The van der Waals surface area contributed by atoms with E-state index in [0.29, 0.717) is 18.5 Å². The molecule has 0 saturated heterocycles. The van der Waals surface area contributed by atoms with E-state index in [9.17, 15) is 4.79 Å². The molecule has 0 spiro atoms. The lowest BCUT2D eigenvalue weighted by atomic mass is 10.0. The van der Waals surface area contributed by atoms with Crippen LogP contribution in [0.25, 0.3) is 10.2 Å². The Kier molecular flexibility index (Phi) is 6.40. The lowest BCUT2D eigenvalue weighted by molar-refractivity contribution is 0.0933. The van der Waals surface area contributed by atoms with E-state index >= 15 is 0 Å². The lowest BCUT2D eigenvalue weighted by Gasteiger charge is -2.31. The number of nitrogens with one attached hydrogen (secondary N) is 1. The number of likely N-dealkylation sites (N-methyl/N-ethyl adjacent to an activating group) is 1. The van der Waals surface area contributed by atoms with Crippen LogP contribution in [0.15, 0.2) is 6.07 Å². The summed E-state index contributed by atoms with van der Waals surface area (Å²) >= 11 is 1.51. The van der Waals surface area contributed by atoms with Gasteiger partial charge >= 0.3 is 0 Å².